The number of ketones is 1. The van der Waals surface area contributed by atoms with Gasteiger partial charge in [0.2, 0.25) is 5.91 Å². The molecule has 1 fully saturated rings. The predicted octanol–water partition coefficient (Wildman–Crippen LogP) is 5.28. The quantitative estimate of drug-likeness (QED) is 0.554. The second kappa shape index (κ2) is 9.68. The summed E-state index contributed by atoms with van der Waals surface area (Å²) in [5.41, 5.74) is 4.07. The Labute approximate surface area is 182 Å². The zero-order valence-electron chi connectivity index (χ0n) is 17.1. The molecule has 31 heavy (non-hydrogen) atoms. The molecule has 0 bridgehead atoms. The molecule has 0 spiro atoms. The molecule has 0 atom stereocenters. The van der Waals surface area contributed by atoms with E-state index in [1.165, 1.54) is 0 Å². The minimum absolute atomic E-state index is 0.0104. The third-order valence-corrected chi connectivity index (χ3v) is 5.12. The van der Waals surface area contributed by atoms with Gasteiger partial charge in [-0.3, -0.25) is 9.59 Å². The first-order valence-corrected chi connectivity index (χ1v) is 10.3. The summed E-state index contributed by atoms with van der Waals surface area (Å²) in [5.74, 6) is -0.127. The summed E-state index contributed by atoms with van der Waals surface area (Å²) < 4.78 is 0. The fourth-order valence-electron chi connectivity index (χ4n) is 3.53. The van der Waals surface area contributed by atoms with Gasteiger partial charge in [0.25, 0.3) is 0 Å². The fourth-order valence-corrected chi connectivity index (χ4v) is 3.53. The van der Waals surface area contributed by atoms with Crippen molar-refractivity contribution < 1.29 is 9.59 Å². The highest BCUT2D eigenvalue weighted by Gasteiger charge is 2.28. The van der Waals surface area contributed by atoms with Crippen molar-refractivity contribution in [3.63, 3.8) is 0 Å². The second-order valence-corrected chi connectivity index (χ2v) is 7.43. The number of Topliss-reactive ketones (excluding diaryl/α,β-unsaturated/α-hetero) is 1. The van der Waals surface area contributed by atoms with Gasteiger partial charge in [-0.15, -0.1) is 0 Å². The van der Waals surface area contributed by atoms with Crippen LogP contribution in [0.4, 0.5) is 0 Å². The molecule has 1 aliphatic heterocycles. The summed E-state index contributed by atoms with van der Waals surface area (Å²) in [7, 11) is 0. The molecule has 1 amide bonds. The van der Waals surface area contributed by atoms with E-state index in [2.05, 4.69) is 0 Å². The Bertz CT molecular complexity index is 1080. The van der Waals surface area contributed by atoms with Crippen LogP contribution in [0.2, 0.25) is 0 Å². The lowest BCUT2D eigenvalue weighted by atomic mass is 9.94. The van der Waals surface area contributed by atoms with Crippen LogP contribution in [0.25, 0.3) is 18.2 Å². The van der Waals surface area contributed by atoms with Gasteiger partial charge in [0.15, 0.2) is 5.78 Å². The van der Waals surface area contributed by atoms with Gasteiger partial charge in [-0.1, -0.05) is 91.0 Å². The minimum Gasteiger partial charge on any atom is -0.330 e. The normalized spacial score (nSPS) is 16.9. The molecule has 3 aromatic rings. The maximum atomic E-state index is 13.2. The van der Waals surface area contributed by atoms with Crippen molar-refractivity contribution in [3.8, 4) is 0 Å². The van der Waals surface area contributed by atoms with E-state index in [0.717, 1.165) is 16.7 Å². The molecule has 3 aromatic carbocycles. The molecule has 0 saturated carbocycles. The molecule has 1 saturated heterocycles. The predicted molar refractivity (Wildman–Crippen MR) is 126 cm³/mol. The van der Waals surface area contributed by atoms with Crippen LogP contribution in [0.5, 0.6) is 0 Å². The van der Waals surface area contributed by atoms with E-state index in [9.17, 15) is 9.59 Å². The van der Waals surface area contributed by atoms with E-state index in [4.69, 9.17) is 0 Å². The summed E-state index contributed by atoms with van der Waals surface area (Å²) in [5, 5.41) is 0. The molecule has 1 heterocycles. The maximum absolute atomic E-state index is 13.2. The van der Waals surface area contributed by atoms with Crippen molar-refractivity contribution >= 4 is 29.9 Å². The number of likely N-dealkylation sites (tertiary alicyclic amines) is 1. The zero-order chi connectivity index (χ0) is 21.5. The average molecular weight is 405 g/mol. The molecule has 152 valence electrons. The van der Waals surface area contributed by atoms with Crippen LogP contribution in [-0.2, 0) is 9.59 Å². The van der Waals surface area contributed by atoms with Gasteiger partial charge in [-0.2, -0.15) is 0 Å². The summed E-state index contributed by atoms with van der Waals surface area (Å²) in [6.45, 7) is 0.579. The Balaban J connectivity index is 1.64. The average Bonchev–Trinajstić information content (AvgIpc) is 2.82. The van der Waals surface area contributed by atoms with Crippen LogP contribution in [0.1, 0.15) is 16.7 Å². The third kappa shape index (κ3) is 5.34. The van der Waals surface area contributed by atoms with Crippen molar-refractivity contribution in [3.05, 3.63) is 125 Å². The maximum Gasteiger partial charge on any atom is 0.247 e. The van der Waals surface area contributed by atoms with E-state index in [0.29, 0.717) is 11.1 Å². The van der Waals surface area contributed by atoms with Crippen LogP contribution in [0.3, 0.4) is 0 Å². The first kappa shape index (κ1) is 20.3. The molecule has 4 rings (SSSR count). The van der Waals surface area contributed by atoms with Crippen molar-refractivity contribution in [2.75, 3.05) is 13.1 Å². The van der Waals surface area contributed by atoms with E-state index >= 15 is 0 Å². The van der Waals surface area contributed by atoms with Crippen LogP contribution in [0, 0.1) is 0 Å². The number of amides is 1. The van der Waals surface area contributed by atoms with E-state index in [1.54, 1.807) is 17.1 Å². The number of carbonyl (C=O) groups is 2. The lowest BCUT2D eigenvalue weighted by Gasteiger charge is -2.29. The summed E-state index contributed by atoms with van der Waals surface area (Å²) >= 11 is 0. The molecule has 0 aliphatic carbocycles. The summed E-state index contributed by atoms with van der Waals surface area (Å²) in [4.78, 5) is 27.8. The van der Waals surface area contributed by atoms with Crippen molar-refractivity contribution in [2.24, 2.45) is 0 Å². The van der Waals surface area contributed by atoms with Gasteiger partial charge in [0.05, 0.1) is 13.1 Å². The minimum atomic E-state index is -0.116. The van der Waals surface area contributed by atoms with Crippen molar-refractivity contribution in [2.45, 2.75) is 0 Å². The van der Waals surface area contributed by atoms with Gasteiger partial charge < -0.3 is 4.90 Å². The van der Waals surface area contributed by atoms with Crippen LogP contribution < -0.4 is 0 Å². The highest BCUT2D eigenvalue weighted by Crippen LogP contribution is 2.22. The molecule has 0 N–H and O–H groups in total. The number of benzene rings is 3. The number of hydrogen-bond donors (Lipinski definition) is 0. The van der Waals surface area contributed by atoms with E-state index in [1.807, 2.05) is 103 Å². The molecule has 0 unspecified atom stereocenters. The van der Waals surface area contributed by atoms with Crippen LogP contribution >= 0.6 is 0 Å². The molecule has 0 aromatic heterocycles. The standard InChI is InChI=1S/C28H23NO2/c30-27(17-16-22-10-4-1-5-11-22)29-20-25(18-23-12-6-2-7-13-23)28(31)26(21-29)19-24-14-8-3-9-15-24/h1-19H,20-21H2/b17-16-,25-18-,26-19+. The summed E-state index contributed by atoms with van der Waals surface area (Å²) in [6.07, 6.45) is 7.13. The Kier molecular flexibility index (Phi) is 6.34. The summed E-state index contributed by atoms with van der Waals surface area (Å²) in [6, 6.07) is 29.2. The second-order valence-electron chi connectivity index (χ2n) is 7.43. The number of carbonyl (C=O) groups excluding carboxylic acids is 2. The molecule has 3 nitrogen and oxygen atoms in total. The molecule has 1 aliphatic rings. The van der Waals surface area contributed by atoms with Crippen LogP contribution in [-0.4, -0.2) is 29.7 Å². The Hall–Kier alpha value is -3.98. The Morgan fingerprint density at radius 2 is 1.06 bits per heavy atom. The van der Waals surface area contributed by atoms with Crippen LogP contribution in [0.15, 0.2) is 108 Å². The van der Waals surface area contributed by atoms with Gasteiger partial charge in [0.1, 0.15) is 0 Å². The van der Waals surface area contributed by atoms with Crippen molar-refractivity contribution in [1.82, 2.24) is 4.90 Å². The fraction of sp³-hybridized carbons (Fsp3) is 0.0714. The lowest BCUT2D eigenvalue weighted by Crippen LogP contribution is -2.40. The topological polar surface area (TPSA) is 37.4 Å². The van der Waals surface area contributed by atoms with Gasteiger partial charge >= 0.3 is 0 Å². The Morgan fingerprint density at radius 3 is 1.52 bits per heavy atom. The number of piperidine rings is 1. The number of rotatable bonds is 4. The molecule has 3 heteroatoms. The third-order valence-electron chi connectivity index (χ3n) is 5.12. The first-order valence-electron chi connectivity index (χ1n) is 10.3. The molecular weight excluding hydrogens is 382 g/mol. The van der Waals surface area contributed by atoms with E-state index < -0.39 is 0 Å². The smallest absolute Gasteiger partial charge is 0.247 e. The van der Waals surface area contributed by atoms with E-state index in [-0.39, 0.29) is 24.8 Å². The van der Waals surface area contributed by atoms with Crippen molar-refractivity contribution in [1.29, 1.82) is 0 Å². The monoisotopic (exact) mass is 405 g/mol. The molecule has 0 radical (unpaired) electrons. The number of nitrogens with zero attached hydrogens (tertiary/aromatic N) is 1. The van der Waals surface area contributed by atoms with Gasteiger partial charge in [-0.25, -0.2) is 0 Å². The van der Waals surface area contributed by atoms with Gasteiger partial charge in [0, 0.05) is 17.2 Å². The lowest BCUT2D eigenvalue weighted by molar-refractivity contribution is -0.126. The highest BCUT2D eigenvalue weighted by atomic mass is 16.2. The molecular formula is C28H23NO2. The van der Waals surface area contributed by atoms with Gasteiger partial charge in [-0.05, 0) is 34.9 Å². The highest BCUT2D eigenvalue weighted by molar-refractivity contribution is 6.15. The largest absolute Gasteiger partial charge is 0.330 e. The SMILES string of the molecule is O=C1/C(=C\c2ccccc2)CN(C(=O)/C=C\c2ccccc2)C/C1=C\c1ccccc1. The Morgan fingerprint density at radius 1 is 0.645 bits per heavy atom. The first-order chi connectivity index (χ1) is 15.2. The zero-order valence-corrected chi connectivity index (χ0v) is 17.1. The number of hydrogen-bond acceptors (Lipinski definition) is 2.